The zero-order valence-corrected chi connectivity index (χ0v) is 29.9. The number of nitrogens with one attached hydrogen (secondary N) is 1. The standard InChI is InChI=1S/C19H26N4O3.C18H24N4O3.2CH4/c1-3-25-13-14-26-18-17(22-11-9-21(2)10-12-22)15-20-23(19(18)24)16-7-5-4-6-8-16;1-2-24-12-13-25-17-16(21-10-8-19-9-11-21)14-20-22(18(17)23)15-6-4-3-5-7-15;;/h4-8,15H,3,9-14H2,1-2H3;3-7,14,19H,2,8-13H2,1H3;2*1H4. The molecule has 4 heterocycles. The number of hydrogen-bond donors (Lipinski definition) is 1. The Hall–Kier alpha value is -4.76. The van der Waals surface area contributed by atoms with Crippen molar-refractivity contribution < 1.29 is 18.9 Å². The van der Waals surface area contributed by atoms with Gasteiger partial charge in [0.2, 0.25) is 11.5 Å². The lowest BCUT2D eigenvalue weighted by atomic mass is 10.2. The SMILES string of the molecule is C.C.CCOCCOc1c(N2CCN(C)CC2)cnn(-c2ccccc2)c1=O.CCOCCOc1c(N2CCNCC2)cnn(-c2ccccc2)c1=O. The van der Waals surface area contributed by atoms with Gasteiger partial charge in [-0.1, -0.05) is 51.3 Å². The molecule has 0 aliphatic carbocycles. The Labute approximate surface area is 313 Å². The van der Waals surface area contributed by atoms with Crippen molar-refractivity contribution in [2.75, 3.05) is 109 Å². The van der Waals surface area contributed by atoms with E-state index >= 15 is 0 Å². The molecule has 2 aliphatic heterocycles. The van der Waals surface area contributed by atoms with E-state index in [4.69, 9.17) is 18.9 Å². The molecule has 14 heteroatoms. The highest BCUT2D eigenvalue weighted by molar-refractivity contribution is 5.58. The van der Waals surface area contributed by atoms with Gasteiger partial charge in [-0.2, -0.15) is 19.6 Å². The van der Waals surface area contributed by atoms with Crippen molar-refractivity contribution >= 4 is 11.4 Å². The molecule has 0 atom stereocenters. The molecule has 2 aliphatic rings. The molecule has 0 amide bonds. The summed E-state index contributed by atoms with van der Waals surface area (Å²) in [5.74, 6) is 0.675. The van der Waals surface area contributed by atoms with E-state index in [-0.39, 0.29) is 26.0 Å². The monoisotopic (exact) mass is 734 g/mol. The number of hydrogen-bond acceptors (Lipinski definition) is 12. The third kappa shape index (κ3) is 11.6. The van der Waals surface area contributed by atoms with Crippen LogP contribution in [0.5, 0.6) is 11.5 Å². The van der Waals surface area contributed by atoms with Gasteiger partial charge in [-0.15, -0.1) is 0 Å². The summed E-state index contributed by atoms with van der Waals surface area (Å²) in [4.78, 5) is 32.6. The first-order valence-electron chi connectivity index (χ1n) is 17.7. The molecular formula is C39H58N8O6. The molecule has 0 radical (unpaired) electrons. The summed E-state index contributed by atoms with van der Waals surface area (Å²) >= 11 is 0. The molecule has 0 spiro atoms. The van der Waals surface area contributed by atoms with Crippen LogP contribution in [0.4, 0.5) is 11.4 Å². The van der Waals surface area contributed by atoms with Gasteiger partial charge in [-0.25, -0.2) is 0 Å². The summed E-state index contributed by atoms with van der Waals surface area (Å²) in [6, 6.07) is 18.7. The Morgan fingerprint density at radius 2 is 1.02 bits per heavy atom. The van der Waals surface area contributed by atoms with E-state index in [0.29, 0.717) is 56.8 Å². The fourth-order valence-corrected chi connectivity index (χ4v) is 5.73. The van der Waals surface area contributed by atoms with E-state index in [1.165, 1.54) is 9.36 Å². The summed E-state index contributed by atoms with van der Waals surface area (Å²) < 4.78 is 25.1. The Kier molecular flexibility index (Phi) is 18.0. The van der Waals surface area contributed by atoms with E-state index in [0.717, 1.165) is 69.4 Å². The summed E-state index contributed by atoms with van der Waals surface area (Å²) in [5.41, 5.74) is 2.44. The molecule has 2 saturated heterocycles. The summed E-state index contributed by atoms with van der Waals surface area (Å²) in [6.45, 7) is 13.6. The number of aromatic nitrogens is 4. The van der Waals surface area contributed by atoms with Crippen molar-refractivity contribution in [1.29, 1.82) is 0 Å². The molecule has 2 aromatic heterocycles. The van der Waals surface area contributed by atoms with Crippen LogP contribution in [0.25, 0.3) is 11.4 Å². The largest absolute Gasteiger partial charge is 0.484 e. The number of benzene rings is 2. The van der Waals surface area contributed by atoms with E-state index in [1.807, 2.05) is 74.5 Å². The molecule has 1 N–H and O–H groups in total. The summed E-state index contributed by atoms with van der Waals surface area (Å²) in [7, 11) is 2.10. The first kappa shape index (κ1) is 42.7. The second-order valence-electron chi connectivity index (χ2n) is 11.9. The van der Waals surface area contributed by atoms with Crippen molar-refractivity contribution in [1.82, 2.24) is 29.8 Å². The molecule has 4 aromatic rings. The quantitative estimate of drug-likeness (QED) is 0.190. The van der Waals surface area contributed by atoms with Crippen LogP contribution in [0.15, 0.2) is 82.6 Å². The van der Waals surface area contributed by atoms with Gasteiger partial charge in [0.15, 0.2) is 0 Å². The van der Waals surface area contributed by atoms with Crippen LogP contribution in [-0.2, 0) is 9.47 Å². The molecule has 6 rings (SSSR count). The molecule has 14 nitrogen and oxygen atoms in total. The lowest BCUT2D eigenvalue weighted by molar-refractivity contribution is 0.109. The zero-order chi connectivity index (χ0) is 35.8. The molecule has 290 valence electrons. The van der Waals surface area contributed by atoms with Crippen molar-refractivity contribution in [3.8, 4) is 22.9 Å². The lowest BCUT2D eigenvalue weighted by Gasteiger charge is -2.34. The summed E-state index contributed by atoms with van der Waals surface area (Å²) in [5, 5.41) is 12.1. The molecule has 0 bridgehead atoms. The van der Waals surface area contributed by atoms with Crippen LogP contribution < -0.4 is 35.7 Å². The van der Waals surface area contributed by atoms with Gasteiger partial charge in [0, 0.05) is 65.6 Å². The van der Waals surface area contributed by atoms with Crippen molar-refractivity contribution in [3.05, 3.63) is 93.8 Å². The van der Waals surface area contributed by atoms with Gasteiger partial charge in [0.25, 0.3) is 0 Å². The van der Waals surface area contributed by atoms with Gasteiger partial charge in [-0.3, -0.25) is 9.59 Å². The molecule has 0 unspecified atom stereocenters. The smallest absolute Gasteiger partial charge is 0.316 e. The van der Waals surface area contributed by atoms with Crippen LogP contribution in [0.3, 0.4) is 0 Å². The number of rotatable bonds is 14. The van der Waals surface area contributed by atoms with Gasteiger partial charge in [-0.05, 0) is 45.2 Å². The van der Waals surface area contributed by atoms with Crippen LogP contribution in [-0.4, -0.2) is 124 Å². The second kappa shape index (κ2) is 22.3. The number of piperazine rings is 2. The molecular weight excluding hydrogens is 676 g/mol. The summed E-state index contributed by atoms with van der Waals surface area (Å²) in [6.07, 6.45) is 3.45. The number of nitrogens with zero attached hydrogens (tertiary/aromatic N) is 7. The van der Waals surface area contributed by atoms with Crippen LogP contribution in [0.2, 0.25) is 0 Å². The lowest BCUT2D eigenvalue weighted by Crippen LogP contribution is -2.45. The molecule has 2 aromatic carbocycles. The molecule has 0 saturated carbocycles. The van der Waals surface area contributed by atoms with E-state index in [9.17, 15) is 9.59 Å². The third-order valence-corrected chi connectivity index (χ3v) is 8.49. The number of ether oxygens (including phenoxy) is 4. The highest BCUT2D eigenvalue weighted by atomic mass is 16.5. The van der Waals surface area contributed by atoms with Crippen LogP contribution in [0, 0.1) is 0 Å². The maximum atomic E-state index is 13.1. The fraction of sp³-hybridized carbons (Fsp3) is 0.487. The Morgan fingerprint density at radius 3 is 1.43 bits per heavy atom. The zero-order valence-electron chi connectivity index (χ0n) is 29.9. The third-order valence-electron chi connectivity index (χ3n) is 8.49. The van der Waals surface area contributed by atoms with Crippen LogP contribution >= 0.6 is 0 Å². The number of para-hydroxylation sites is 2. The maximum absolute atomic E-state index is 13.1. The van der Waals surface area contributed by atoms with Crippen molar-refractivity contribution in [2.45, 2.75) is 28.7 Å². The van der Waals surface area contributed by atoms with Gasteiger partial charge < -0.3 is 39.0 Å². The Morgan fingerprint density at radius 1 is 0.604 bits per heavy atom. The van der Waals surface area contributed by atoms with Crippen molar-refractivity contribution in [2.24, 2.45) is 0 Å². The molecule has 2 fully saturated rings. The average Bonchev–Trinajstić information content (AvgIpc) is 3.17. The minimum atomic E-state index is -0.251. The average molecular weight is 735 g/mol. The first-order valence-corrected chi connectivity index (χ1v) is 17.7. The van der Waals surface area contributed by atoms with Gasteiger partial charge >= 0.3 is 11.1 Å². The molecule has 53 heavy (non-hydrogen) atoms. The second-order valence-corrected chi connectivity index (χ2v) is 11.9. The minimum Gasteiger partial charge on any atom is -0.484 e. The highest BCUT2D eigenvalue weighted by Gasteiger charge is 2.23. The first-order chi connectivity index (χ1) is 25.0. The topological polar surface area (TPSA) is 128 Å². The van der Waals surface area contributed by atoms with E-state index in [2.05, 4.69) is 37.3 Å². The highest BCUT2D eigenvalue weighted by Crippen LogP contribution is 2.26. The number of anilines is 2. The number of likely N-dealkylation sites (N-methyl/N-ethyl adjacent to an activating group) is 1. The predicted molar refractivity (Wildman–Crippen MR) is 212 cm³/mol. The van der Waals surface area contributed by atoms with E-state index in [1.54, 1.807) is 12.4 Å². The normalized spacial score (nSPS) is 14.3. The predicted octanol–water partition coefficient (Wildman–Crippen LogP) is 3.73. The van der Waals surface area contributed by atoms with Crippen molar-refractivity contribution in [3.63, 3.8) is 0 Å². The Balaban J connectivity index is 0.000000275. The van der Waals surface area contributed by atoms with Gasteiger partial charge in [0.05, 0.1) is 37.0 Å². The van der Waals surface area contributed by atoms with Crippen LogP contribution in [0.1, 0.15) is 28.7 Å². The Bertz CT molecular complexity index is 1740. The van der Waals surface area contributed by atoms with E-state index < -0.39 is 0 Å². The minimum absolute atomic E-state index is 0. The maximum Gasteiger partial charge on any atom is 0.316 e. The fourth-order valence-electron chi connectivity index (χ4n) is 5.73. The van der Waals surface area contributed by atoms with Gasteiger partial charge in [0.1, 0.15) is 24.6 Å².